The van der Waals surface area contributed by atoms with Gasteiger partial charge in [0.15, 0.2) is 0 Å². The Morgan fingerprint density at radius 3 is 2.41 bits per heavy atom. The smallest absolute Gasteiger partial charge is 0.292 e. The number of carbonyl (C=O) groups is 1. The molecule has 0 saturated carbocycles. The van der Waals surface area contributed by atoms with Gasteiger partial charge >= 0.3 is 0 Å². The van der Waals surface area contributed by atoms with Crippen molar-refractivity contribution in [2.45, 2.75) is 12.7 Å². The second-order valence-electron chi connectivity index (χ2n) is 6.61. The molecule has 2 aromatic rings. The van der Waals surface area contributed by atoms with Crippen molar-refractivity contribution < 1.29 is 18.7 Å². The van der Waals surface area contributed by atoms with E-state index in [0.717, 1.165) is 11.3 Å². The molecule has 0 spiro atoms. The Morgan fingerprint density at radius 2 is 1.70 bits per heavy atom. The summed E-state index contributed by atoms with van der Waals surface area (Å²) in [6.45, 7) is 2.55. The zero-order valence-electron chi connectivity index (χ0n) is 14.9. The molecule has 140 valence electrons. The zero-order chi connectivity index (χ0) is 18.6. The Labute approximate surface area is 157 Å². The van der Waals surface area contributed by atoms with Gasteiger partial charge in [0.2, 0.25) is 12.0 Å². The van der Waals surface area contributed by atoms with E-state index in [1.54, 1.807) is 17.0 Å². The van der Waals surface area contributed by atoms with Gasteiger partial charge in [-0.15, -0.1) is 0 Å². The summed E-state index contributed by atoms with van der Waals surface area (Å²) in [5.41, 5.74) is 2.06. The van der Waals surface area contributed by atoms with E-state index in [-0.39, 0.29) is 17.5 Å². The summed E-state index contributed by atoms with van der Waals surface area (Å²) in [7, 11) is 0. The summed E-state index contributed by atoms with van der Waals surface area (Å²) < 4.78 is 24.3. The average Bonchev–Trinajstić information content (AvgIpc) is 3.17. The van der Waals surface area contributed by atoms with Gasteiger partial charge in [-0.25, -0.2) is 4.39 Å². The number of amides is 1. The lowest BCUT2D eigenvalue weighted by Crippen LogP contribution is -2.49. The monoisotopic (exact) mass is 368 g/mol. The molecule has 0 radical (unpaired) electrons. The van der Waals surface area contributed by atoms with Gasteiger partial charge in [0.1, 0.15) is 12.1 Å². The van der Waals surface area contributed by atoms with Gasteiger partial charge in [0.05, 0.1) is 0 Å². The van der Waals surface area contributed by atoms with Gasteiger partial charge in [-0.3, -0.25) is 4.79 Å². The van der Waals surface area contributed by atoms with Crippen LogP contribution in [0.2, 0.25) is 0 Å². The fourth-order valence-electron chi connectivity index (χ4n) is 3.31. The lowest BCUT2D eigenvalue weighted by molar-refractivity contribution is -0.133. The van der Waals surface area contributed by atoms with Crippen LogP contribution in [-0.4, -0.2) is 43.3 Å². The summed E-state index contributed by atoms with van der Waals surface area (Å²) in [5, 5.41) is 0. The standard InChI is InChI=1S/C21H21FN2O3/c22-17-6-8-18(9-7-17)23-10-12-24(13-11-23)21(25)19-15-26-20(27-19)14-16-4-2-1-3-5-16/h1-9,15,20H,10-14H2. The average molecular weight is 368 g/mol. The van der Waals surface area contributed by atoms with Crippen molar-refractivity contribution >= 4 is 11.6 Å². The molecule has 1 atom stereocenters. The lowest BCUT2D eigenvalue weighted by atomic mass is 10.1. The van der Waals surface area contributed by atoms with Crippen molar-refractivity contribution in [3.63, 3.8) is 0 Å². The van der Waals surface area contributed by atoms with Gasteiger partial charge in [-0.2, -0.15) is 0 Å². The second-order valence-corrected chi connectivity index (χ2v) is 6.61. The Hall–Kier alpha value is -3.02. The minimum atomic E-state index is -0.466. The number of carbonyl (C=O) groups excluding carboxylic acids is 1. The van der Waals surface area contributed by atoms with E-state index in [1.165, 1.54) is 18.4 Å². The van der Waals surface area contributed by atoms with Crippen LogP contribution >= 0.6 is 0 Å². The first-order valence-corrected chi connectivity index (χ1v) is 9.05. The number of piperazine rings is 1. The first-order valence-electron chi connectivity index (χ1n) is 9.05. The molecule has 6 heteroatoms. The first kappa shape index (κ1) is 17.4. The highest BCUT2D eigenvalue weighted by Gasteiger charge is 2.30. The number of anilines is 1. The van der Waals surface area contributed by atoms with E-state index >= 15 is 0 Å². The molecule has 2 aromatic carbocycles. The number of hydrogen-bond acceptors (Lipinski definition) is 4. The topological polar surface area (TPSA) is 42.0 Å². The maximum Gasteiger partial charge on any atom is 0.292 e. The largest absolute Gasteiger partial charge is 0.458 e. The van der Waals surface area contributed by atoms with E-state index in [0.29, 0.717) is 32.6 Å². The molecule has 0 bridgehead atoms. The molecular formula is C21H21FN2O3. The quantitative estimate of drug-likeness (QED) is 0.832. The number of rotatable bonds is 4. The Bertz CT molecular complexity index is 815. The molecular weight excluding hydrogens is 347 g/mol. The molecule has 0 aromatic heterocycles. The number of hydrogen-bond donors (Lipinski definition) is 0. The molecule has 2 aliphatic rings. The van der Waals surface area contributed by atoms with Crippen LogP contribution in [0.3, 0.4) is 0 Å². The summed E-state index contributed by atoms with van der Waals surface area (Å²) in [4.78, 5) is 16.6. The second kappa shape index (κ2) is 7.70. The maximum atomic E-state index is 13.1. The normalized spacial score (nSPS) is 19.3. The van der Waals surface area contributed by atoms with E-state index in [4.69, 9.17) is 9.47 Å². The molecule has 27 heavy (non-hydrogen) atoms. The SMILES string of the molecule is O=C(C1=COC(Cc2ccccc2)O1)N1CCN(c2ccc(F)cc2)CC1. The first-order chi connectivity index (χ1) is 13.2. The summed E-state index contributed by atoms with van der Waals surface area (Å²) in [6.07, 6.45) is 1.54. The molecule has 0 N–H and O–H groups in total. The number of benzene rings is 2. The molecule has 4 rings (SSSR count). The minimum absolute atomic E-state index is 0.149. The van der Waals surface area contributed by atoms with Crippen molar-refractivity contribution in [3.8, 4) is 0 Å². The van der Waals surface area contributed by atoms with Crippen molar-refractivity contribution in [2.24, 2.45) is 0 Å². The summed E-state index contributed by atoms with van der Waals surface area (Å²) in [6, 6.07) is 16.3. The van der Waals surface area contributed by atoms with Crippen LogP contribution in [0.15, 0.2) is 66.6 Å². The molecule has 1 amide bonds. The molecule has 5 nitrogen and oxygen atoms in total. The van der Waals surface area contributed by atoms with Crippen LogP contribution < -0.4 is 4.90 Å². The number of nitrogens with zero attached hydrogens (tertiary/aromatic N) is 2. The number of halogens is 1. The summed E-state index contributed by atoms with van der Waals surface area (Å²) >= 11 is 0. The van der Waals surface area contributed by atoms with Crippen molar-refractivity contribution in [1.29, 1.82) is 0 Å². The van der Waals surface area contributed by atoms with Crippen LogP contribution in [0, 0.1) is 5.82 Å². The van der Waals surface area contributed by atoms with Crippen LogP contribution in [0.1, 0.15) is 5.56 Å². The predicted octanol–water partition coefficient (Wildman–Crippen LogP) is 2.93. The van der Waals surface area contributed by atoms with Crippen molar-refractivity contribution in [2.75, 3.05) is 31.1 Å². The van der Waals surface area contributed by atoms with E-state index < -0.39 is 6.29 Å². The summed E-state index contributed by atoms with van der Waals surface area (Å²) in [5.74, 6) is -0.140. The van der Waals surface area contributed by atoms with Crippen LogP contribution in [-0.2, 0) is 20.7 Å². The Balaban J connectivity index is 1.29. The van der Waals surface area contributed by atoms with E-state index in [2.05, 4.69) is 4.90 Å². The van der Waals surface area contributed by atoms with Gasteiger partial charge in [-0.1, -0.05) is 30.3 Å². The maximum absolute atomic E-state index is 13.1. The van der Waals surface area contributed by atoms with Gasteiger partial charge in [0.25, 0.3) is 5.91 Å². The molecule has 0 aliphatic carbocycles. The fraction of sp³-hybridized carbons (Fsp3) is 0.286. The molecule has 2 aliphatic heterocycles. The Morgan fingerprint density at radius 1 is 1.00 bits per heavy atom. The molecule has 1 unspecified atom stereocenters. The third-order valence-corrected chi connectivity index (χ3v) is 4.80. The van der Waals surface area contributed by atoms with Gasteiger partial charge in [0, 0.05) is 38.3 Å². The van der Waals surface area contributed by atoms with Gasteiger partial charge < -0.3 is 19.3 Å². The molecule has 1 fully saturated rings. The van der Waals surface area contributed by atoms with Crippen LogP contribution in [0.25, 0.3) is 0 Å². The Kier molecular flexibility index (Phi) is 4.96. The van der Waals surface area contributed by atoms with Gasteiger partial charge in [-0.05, 0) is 29.8 Å². The fourth-order valence-corrected chi connectivity index (χ4v) is 3.31. The van der Waals surface area contributed by atoms with Crippen LogP contribution in [0.5, 0.6) is 0 Å². The zero-order valence-corrected chi connectivity index (χ0v) is 14.9. The van der Waals surface area contributed by atoms with Crippen LogP contribution in [0.4, 0.5) is 10.1 Å². The minimum Gasteiger partial charge on any atom is -0.458 e. The molecule has 2 heterocycles. The third-order valence-electron chi connectivity index (χ3n) is 4.80. The predicted molar refractivity (Wildman–Crippen MR) is 99.4 cm³/mol. The van der Waals surface area contributed by atoms with E-state index in [1.807, 2.05) is 30.3 Å². The lowest BCUT2D eigenvalue weighted by Gasteiger charge is -2.36. The highest BCUT2D eigenvalue weighted by Crippen LogP contribution is 2.22. The van der Waals surface area contributed by atoms with Crippen molar-refractivity contribution in [3.05, 3.63) is 78.0 Å². The highest BCUT2D eigenvalue weighted by molar-refractivity contribution is 5.91. The highest BCUT2D eigenvalue weighted by atomic mass is 19.1. The van der Waals surface area contributed by atoms with E-state index in [9.17, 15) is 9.18 Å². The third kappa shape index (κ3) is 4.05. The number of ether oxygens (including phenoxy) is 2. The van der Waals surface area contributed by atoms with Crippen molar-refractivity contribution in [1.82, 2.24) is 4.90 Å². The molecule has 1 saturated heterocycles.